The molecule has 17 heavy (non-hydrogen) atoms. The van der Waals surface area contributed by atoms with E-state index in [2.05, 4.69) is 0 Å². The first-order valence-electron chi connectivity index (χ1n) is 5.81. The van der Waals surface area contributed by atoms with Gasteiger partial charge in [-0.05, 0) is 24.5 Å². The molecule has 1 aromatic heterocycles. The van der Waals surface area contributed by atoms with Gasteiger partial charge in [-0.15, -0.1) is 0 Å². The Morgan fingerprint density at radius 2 is 2.12 bits per heavy atom. The van der Waals surface area contributed by atoms with E-state index in [9.17, 15) is 5.11 Å². The van der Waals surface area contributed by atoms with E-state index >= 15 is 0 Å². The lowest BCUT2D eigenvalue weighted by Crippen LogP contribution is -2.07. The predicted octanol–water partition coefficient (Wildman–Crippen LogP) is 3.16. The van der Waals surface area contributed by atoms with Crippen molar-refractivity contribution in [3.63, 3.8) is 0 Å². The summed E-state index contributed by atoms with van der Waals surface area (Å²) >= 11 is 0. The second-order valence-corrected chi connectivity index (χ2v) is 4.26. The smallest absolute Gasteiger partial charge is 0.134 e. The van der Waals surface area contributed by atoms with Gasteiger partial charge in [-0.25, -0.2) is 0 Å². The molecule has 0 fully saturated rings. The zero-order chi connectivity index (χ0) is 11.7. The largest absolute Gasteiger partial charge is 0.501 e. The van der Waals surface area contributed by atoms with E-state index in [0.717, 1.165) is 41.6 Å². The van der Waals surface area contributed by atoms with Gasteiger partial charge in [0.25, 0.3) is 0 Å². The second-order valence-electron chi connectivity index (χ2n) is 4.26. The summed E-state index contributed by atoms with van der Waals surface area (Å²) in [4.78, 5) is 0. The Labute approximate surface area is 99.3 Å². The molecular weight excluding hydrogens is 216 g/mol. The highest BCUT2D eigenvalue weighted by Gasteiger charge is 2.20. The number of ether oxygens (including phenoxy) is 1. The third kappa shape index (κ3) is 1.83. The van der Waals surface area contributed by atoms with E-state index in [4.69, 9.17) is 9.15 Å². The van der Waals surface area contributed by atoms with Crippen molar-refractivity contribution < 1.29 is 14.3 Å². The standard InChI is InChI=1S/C14H14O3/c15-14(10-4-3-7-16-8-10)12-9-17-13-6-2-1-5-11(12)13/h1-2,5-6,8-9,14-15H,3-4,7H2. The first kappa shape index (κ1) is 10.4. The summed E-state index contributed by atoms with van der Waals surface area (Å²) in [6.07, 6.45) is 4.51. The maximum atomic E-state index is 10.3. The van der Waals surface area contributed by atoms with Crippen LogP contribution in [0, 0.1) is 0 Å². The van der Waals surface area contributed by atoms with E-state index in [1.165, 1.54) is 0 Å². The summed E-state index contributed by atoms with van der Waals surface area (Å²) in [5.74, 6) is 0. The number of rotatable bonds is 2. The van der Waals surface area contributed by atoms with Crippen LogP contribution in [0.4, 0.5) is 0 Å². The molecule has 1 unspecified atom stereocenters. The van der Waals surface area contributed by atoms with Gasteiger partial charge < -0.3 is 14.3 Å². The molecule has 2 aromatic rings. The van der Waals surface area contributed by atoms with Gasteiger partial charge in [0.15, 0.2) is 0 Å². The van der Waals surface area contributed by atoms with Crippen molar-refractivity contribution in [2.45, 2.75) is 18.9 Å². The zero-order valence-corrected chi connectivity index (χ0v) is 9.43. The van der Waals surface area contributed by atoms with Crippen molar-refractivity contribution >= 4 is 11.0 Å². The van der Waals surface area contributed by atoms with E-state index in [-0.39, 0.29) is 0 Å². The van der Waals surface area contributed by atoms with Gasteiger partial charge in [0.2, 0.25) is 0 Å². The van der Waals surface area contributed by atoms with Gasteiger partial charge in [0, 0.05) is 10.9 Å². The first-order valence-corrected chi connectivity index (χ1v) is 5.81. The zero-order valence-electron chi connectivity index (χ0n) is 9.43. The van der Waals surface area contributed by atoms with Gasteiger partial charge >= 0.3 is 0 Å². The van der Waals surface area contributed by atoms with Crippen molar-refractivity contribution in [1.29, 1.82) is 0 Å². The second kappa shape index (κ2) is 4.26. The van der Waals surface area contributed by atoms with Crippen LogP contribution in [0.15, 0.2) is 46.8 Å². The summed E-state index contributed by atoms with van der Waals surface area (Å²) in [5.41, 5.74) is 2.54. The molecule has 0 aliphatic carbocycles. The highest BCUT2D eigenvalue weighted by Crippen LogP contribution is 2.33. The molecule has 3 nitrogen and oxygen atoms in total. The summed E-state index contributed by atoms with van der Waals surface area (Å²) in [6.45, 7) is 0.738. The van der Waals surface area contributed by atoms with Crippen molar-refractivity contribution in [3.8, 4) is 0 Å². The highest BCUT2D eigenvalue weighted by molar-refractivity contribution is 5.81. The molecule has 0 radical (unpaired) electrons. The number of hydrogen-bond donors (Lipinski definition) is 1. The number of aliphatic hydroxyl groups excluding tert-OH is 1. The molecule has 2 heterocycles. The Hall–Kier alpha value is -1.74. The molecule has 0 bridgehead atoms. The van der Waals surface area contributed by atoms with Crippen LogP contribution in [-0.2, 0) is 4.74 Å². The van der Waals surface area contributed by atoms with Crippen LogP contribution in [-0.4, -0.2) is 11.7 Å². The molecule has 0 amide bonds. The Kier molecular flexibility index (Phi) is 2.61. The molecule has 3 rings (SSSR count). The third-order valence-electron chi connectivity index (χ3n) is 3.12. The van der Waals surface area contributed by atoms with E-state index in [1.54, 1.807) is 12.5 Å². The molecule has 1 aliphatic heterocycles. The topological polar surface area (TPSA) is 42.6 Å². The average Bonchev–Trinajstić information content (AvgIpc) is 2.83. The molecule has 1 aliphatic rings. The molecule has 3 heteroatoms. The Bertz CT molecular complexity index is 553. The molecule has 88 valence electrons. The van der Waals surface area contributed by atoms with Gasteiger partial charge in [-0.1, -0.05) is 18.2 Å². The Morgan fingerprint density at radius 3 is 2.94 bits per heavy atom. The number of furan rings is 1. The predicted molar refractivity (Wildman–Crippen MR) is 64.4 cm³/mol. The SMILES string of the molecule is OC(C1=COCCC1)c1coc2ccccc12. The first-order chi connectivity index (χ1) is 8.36. The summed E-state index contributed by atoms with van der Waals surface area (Å²) in [6, 6.07) is 7.73. The Balaban J connectivity index is 2.00. The van der Waals surface area contributed by atoms with Crippen LogP contribution in [0.2, 0.25) is 0 Å². The molecule has 1 N–H and O–H groups in total. The minimum atomic E-state index is -0.626. The number of benzene rings is 1. The summed E-state index contributed by atoms with van der Waals surface area (Å²) < 4.78 is 10.7. The van der Waals surface area contributed by atoms with Crippen molar-refractivity contribution in [2.24, 2.45) is 0 Å². The van der Waals surface area contributed by atoms with Crippen molar-refractivity contribution in [1.82, 2.24) is 0 Å². The normalized spacial score (nSPS) is 17.6. The minimum Gasteiger partial charge on any atom is -0.501 e. The molecule has 1 aromatic carbocycles. The molecular formula is C14H14O3. The summed E-state index contributed by atoms with van der Waals surface area (Å²) in [7, 11) is 0. The highest BCUT2D eigenvalue weighted by atomic mass is 16.5. The fourth-order valence-electron chi connectivity index (χ4n) is 2.20. The number of para-hydroxylation sites is 1. The lowest BCUT2D eigenvalue weighted by Gasteiger charge is -2.18. The van der Waals surface area contributed by atoms with Gasteiger partial charge in [0.1, 0.15) is 11.7 Å². The summed E-state index contributed by atoms with van der Waals surface area (Å²) in [5, 5.41) is 11.3. The molecule has 1 atom stereocenters. The van der Waals surface area contributed by atoms with Crippen LogP contribution in [0.25, 0.3) is 11.0 Å². The lowest BCUT2D eigenvalue weighted by molar-refractivity contribution is 0.170. The third-order valence-corrected chi connectivity index (χ3v) is 3.12. The molecule has 0 saturated heterocycles. The molecule has 0 spiro atoms. The van der Waals surface area contributed by atoms with Gasteiger partial charge in [-0.3, -0.25) is 0 Å². The maximum Gasteiger partial charge on any atom is 0.134 e. The van der Waals surface area contributed by atoms with Gasteiger partial charge in [0.05, 0.1) is 19.1 Å². The fraction of sp³-hybridized carbons (Fsp3) is 0.286. The van der Waals surface area contributed by atoms with Crippen LogP contribution >= 0.6 is 0 Å². The van der Waals surface area contributed by atoms with Crippen molar-refractivity contribution in [3.05, 3.63) is 47.9 Å². The van der Waals surface area contributed by atoms with E-state index < -0.39 is 6.10 Å². The lowest BCUT2D eigenvalue weighted by atomic mass is 9.98. The van der Waals surface area contributed by atoms with Crippen LogP contribution < -0.4 is 0 Å². The number of fused-ring (bicyclic) bond motifs is 1. The van der Waals surface area contributed by atoms with Crippen LogP contribution in [0.1, 0.15) is 24.5 Å². The molecule has 0 saturated carbocycles. The fourth-order valence-corrected chi connectivity index (χ4v) is 2.20. The van der Waals surface area contributed by atoms with E-state index in [0.29, 0.717) is 0 Å². The number of hydrogen-bond acceptors (Lipinski definition) is 3. The number of aliphatic hydroxyl groups is 1. The quantitative estimate of drug-likeness (QED) is 0.861. The monoisotopic (exact) mass is 230 g/mol. The minimum absolute atomic E-state index is 0.626. The average molecular weight is 230 g/mol. The van der Waals surface area contributed by atoms with Crippen molar-refractivity contribution in [2.75, 3.05) is 6.61 Å². The van der Waals surface area contributed by atoms with Gasteiger partial charge in [-0.2, -0.15) is 0 Å². The Morgan fingerprint density at radius 1 is 1.24 bits per heavy atom. The van der Waals surface area contributed by atoms with E-state index in [1.807, 2.05) is 24.3 Å². The van der Waals surface area contributed by atoms with Crippen LogP contribution in [0.3, 0.4) is 0 Å². The van der Waals surface area contributed by atoms with Crippen LogP contribution in [0.5, 0.6) is 0 Å². The maximum absolute atomic E-state index is 10.3.